The van der Waals surface area contributed by atoms with Crippen molar-refractivity contribution < 1.29 is 19.1 Å². The molecule has 2 aromatic carbocycles. The van der Waals surface area contributed by atoms with E-state index in [1.807, 2.05) is 0 Å². The highest BCUT2D eigenvalue weighted by Crippen LogP contribution is 2.21. The van der Waals surface area contributed by atoms with Crippen LogP contribution in [-0.2, 0) is 0 Å². The summed E-state index contributed by atoms with van der Waals surface area (Å²) in [5, 5.41) is 10.1. The summed E-state index contributed by atoms with van der Waals surface area (Å²) in [6.07, 6.45) is 0. The number of primary amides is 1. The molecule has 116 valence electrons. The molecule has 0 saturated carbocycles. The van der Waals surface area contributed by atoms with Crippen molar-refractivity contribution in [3.8, 4) is 11.5 Å². The highest BCUT2D eigenvalue weighted by atomic mass is 16.5. The first-order valence-corrected chi connectivity index (χ1v) is 6.82. The molecule has 23 heavy (non-hydrogen) atoms. The number of phenols is 1. The van der Waals surface area contributed by atoms with Crippen molar-refractivity contribution in [3.05, 3.63) is 59.6 Å². The highest BCUT2D eigenvalue weighted by Gasteiger charge is 2.10. The molecule has 0 fully saturated rings. The predicted molar refractivity (Wildman–Crippen MR) is 84.6 cm³/mol. The minimum atomic E-state index is -0.661. The van der Waals surface area contributed by atoms with Gasteiger partial charge in [-0.05, 0) is 48.5 Å². The summed E-state index contributed by atoms with van der Waals surface area (Å²) in [7, 11) is 1.57. The van der Waals surface area contributed by atoms with E-state index in [-0.39, 0.29) is 16.9 Å². The summed E-state index contributed by atoms with van der Waals surface area (Å²) in [5.74, 6) is 0.110. The normalized spacial score (nSPS) is 11.6. The van der Waals surface area contributed by atoms with Crippen LogP contribution in [0.2, 0.25) is 0 Å². The van der Waals surface area contributed by atoms with Crippen molar-refractivity contribution in [1.82, 2.24) is 0 Å². The van der Waals surface area contributed by atoms with Crippen LogP contribution >= 0.6 is 0 Å². The summed E-state index contributed by atoms with van der Waals surface area (Å²) in [5.41, 5.74) is 6.73. The molecule has 0 atom stereocenters. The van der Waals surface area contributed by atoms with Crippen LogP contribution < -0.4 is 16.0 Å². The lowest BCUT2D eigenvalue weighted by atomic mass is 10.1. The fourth-order valence-electron chi connectivity index (χ4n) is 2.15. The van der Waals surface area contributed by atoms with E-state index >= 15 is 0 Å². The lowest BCUT2D eigenvalue weighted by Gasteiger charge is -2.03. The number of hydrogen-bond donors (Lipinski definition) is 2. The second-order valence-corrected chi connectivity index (χ2v) is 4.86. The Labute approximate surface area is 131 Å². The van der Waals surface area contributed by atoms with E-state index in [4.69, 9.17) is 14.9 Å². The summed E-state index contributed by atoms with van der Waals surface area (Å²) < 4.78 is 10.7. The molecule has 0 aliphatic carbocycles. The van der Waals surface area contributed by atoms with Crippen LogP contribution in [0.3, 0.4) is 0 Å². The van der Waals surface area contributed by atoms with Gasteiger partial charge in [0.15, 0.2) is 0 Å². The molecule has 0 bridgehead atoms. The molecule has 1 heterocycles. The molecule has 6 nitrogen and oxygen atoms in total. The van der Waals surface area contributed by atoms with E-state index in [1.54, 1.807) is 43.5 Å². The number of rotatable bonds is 3. The van der Waals surface area contributed by atoms with E-state index in [0.29, 0.717) is 22.4 Å². The molecule has 0 radical (unpaired) electrons. The van der Waals surface area contributed by atoms with E-state index in [1.165, 1.54) is 12.1 Å². The minimum absolute atomic E-state index is 0.0722. The number of nitrogens with two attached hydrogens (primary N) is 1. The zero-order valence-electron chi connectivity index (χ0n) is 12.3. The highest BCUT2D eigenvalue weighted by molar-refractivity contribution is 5.95. The Morgan fingerprint density at radius 3 is 2.57 bits per heavy atom. The number of benzene rings is 2. The zero-order valence-corrected chi connectivity index (χ0v) is 12.3. The fourth-order valence-corrected chi connectivity index (χ4v) is 2.15. The Kier molecular flexibility index (Phi) is 3.72. The number of nitrogens with zero attached hydrogens (tertiary/aromatic N) is 1. The predicted octanol–water partition coefficient (Wildman–Crippen LogP) is 2.48. The molecule has 0 aliphatic heterocycles. The summed E-state index contributed by atoms with van der Waals surface area (Å²) in [6.45, 7) is 0. The molecule has 1 amide bonds. The number of hydrogen-bond acceptors (Lipinski definition) is 5. The Morgan fingerprint density at radius 2 is 1.91 bits per heavy atom. The van der Waals surface area contributed by atoms with E-state index in [2.05, 4.69) is 4.99 Å². The minimum Gasteiger partial charge on any atom is -0.508 e. The smallest absolute Gasteiger partial charge is 0.254 e. The monoisotopic (exact) mass is 310 g/mol. The number of ether oxygens (including phenoxy) is 1. The van der Waals surface area contributed by atoms with Gasteiger partial charge in [0.1, 0.15) is 22.6 Å². The molecular weight excluding hydrogens is 296 g/mol. The topological polar surface area (TPSA) is 98.1 Å². The maximum absolute atomic E-state index is 11.7. The number of aromatic hydroxyl groups is 1. The van der Waals surface area contributed by atoms with E-state index in [0.717, 1.165) is 0 Å². The Hall–Kier alpha value is -3.28. The van der Waals surface area contributed by atoms with Gasteiger partial charge in [0, 0.05) is 5.39 Å². The largest absolute Gasteiger partial charge is 0.508 e. The molecule has 3 rings (SSSR count). The lowest BCUT2D eigenvalue weighted by molar-refractivity contribution is 0.0996. The van der Waals surface area contributed by atoms with Crippen molar-refractivity contribution in [2.75, 3.05) is 7.11 Å². The van der Waals surface area contributed by atoms with E-state index in [9.17, 15) is 9.90 Å². The van der Waals surface area contributed by atoms with Gasteiger partial charge in [-0.15, -0.1) is 0 Å². The Bertz CT molecular complexity index is 943. The first-order valence-electron chi connectivity index (χ1n) is 6.82. The van der Waals surface area contributed by atoms with Gasteiger partial charge in [-0.2, -0.15) is 0 Å². The maximum atomic E-state index is 11.7. The number of amides is 1. The Morgan fingerprint density at radius 1 is 1.17 bits per heavy atom. The van der Waals surface area contributed by atoms with E-state index < -0.39 is 5.91 Å². The van der Waals surface area contributed by atoms with Gasteiger partial charge in [0.2, 0.25) is 5.55 Å². The van der Waals surface area contributed by atoms with Crippen LogP contribution in [0.1, 0.15) is 10.4 Å². The summed E-state index contributed by atoms with van der Waals surface area (Å²) in [6, 6.07) is 13.1. The van der Waals surface area contributed by atoms with Gasteiger partial charge in [0.25, 0.3) is 5.91 Å². The number of carbonyl (C=O) groups excluding carboxylic acids is 1. The second-order valence-electron chi connectivity index (χ2n) is 4.86. The summed E-state index contributed by atoms with van der Waals surface area (Å²) in [4.78, 5) is 16.0. The third-order valence-electron chi connectivity index (χ3n) is 3.30. The quantitative estimate of drug-likeness (QED) is 0.776. The third-order valence-corrected chi connectivity index (χ3v) is 3.30. The first-order chi connectivity index (χ1) is 11.1. The van der Waals surface area contributed by atoms with Crippen LogP contribution in [0.25, 0.3) is 11.0 Å². The number of carbonyl (C=O) groups is 1. The molecule has 3 N–H and O–H groups in total. The van der Waals surface area contributed by atoms with Gasteiger partial charge in [-0.25, -0.2) is 4.99 Å². The molecule has 0 aliphatic rings. The Balaban J connectivity index is 2.21. The third kappa shape index (κ3) is 3.01. The van der Waals surface area contributed by atoms with Crippen molar-refractivity contribution in [2.45, 2.75) is 0 Å². The molecule has 6 heteroatoms. The zero-order chi connectivity index (χ0) is 16.4. The van der Waals surface area contributed by atoms with Gasteiger partial charge >= 0.3 is 0 Å². The van der Waals surface area contributed by atoms with Crippen LogP contribution in [-0.4, -0.2) is 18.1 Å². The molecule has 0 saturated heterocycles. The van der Waals surface area contributed by atoms with Crippen molar-refractivity contribution >= 4 is 22.6 Å². The number of methoxy groups -OCH3 is 1. The lowest BCUT2D eigenvalue weighted by Crippen LogP contribution is -2.21. The maximum Gasteiger partial charge on any atom is 0.254 e. The van der Waals surface area contributed by atoms with Crippen LogP contribution in [0.4, 0.5) is 5.69 Å². The van der Waals surface area contributed by atoms with Gasteiger partial charge < -0.3 is 20.0 Å². The van der Waals surface area contributed by atoms with Crippen molar-refractivity contribution in [2.24, 2.45) is 10.7 Å². The molecule has 3 aromatic rings. The van der Waals surface area contributed by atoms with Gasteiger partial charge in [-0.3, -0.25) is 4.79 Å². The fraction of sp³-hybridized carbons (Fsp3) is 0.0588. The van der Waals surface area contributed by atoms with Gasteiger partial charge in [-0.1, -0.05) is 0 Å². The number of fused-ring (bicyclic) bond motifs is 1. The number of phenolic OH excluding ortho intramolecular Hbond substituents is 1. The van der Waals surface area contributed by atoms with Crippen LogP contribution in [0, 0.1) is 0 Å². The van der Waals surface area contributed by atoms with Crippen molar-refractivity contribution in [3.63, 3.8) is 0 Å². The molecule has 0 spiro atoms. The van der Waals surface area contributed by atoms with Crippen LogP contribution in [0.5, 0.6) is 11.5 Å². The summed E-state index contributed by atoms with van der Waals surface area (Å²) >= 11 is 0. The molecule has 1 aromatic heterocycles. The average molecular weight is 310 g/mol. The van der Waals surface area contributed by atoms with Gasteiger partial charge in [0.05, 0.1) is 12.8 Å². The molecule has 0 unspecified atom stereocenters. The standard InChI is InChI=1S/C17H14N2O4/c1-22-13-5-2-11(3-6-13)19-17-14(16(18)21)9-10-8-12(20)4-7-15(10)23-17/h2-9,20H,1H3,(H2,18,21)/b19-17-. The van der Waals surface area contributed by atoms with Crippen LogP contribution in [0.15, 0.2) is 57.9 Å². The SMILES string of the molecule is COc1ccc(/N=c2\oc3ccc(O)cc3cc2C(N)=O)cc1. The molecular formula is C17H14N2O4. The second kappa shape index (κ2) is 5.84. The van der Waals surface area contributed by atoms with Crippen molar-refractivity contribution in [1.29, 1.82) is 0 Å². The first kappa shape index (κ1) is 14.6. The average Bonchev–Trinajstić information content (AvgIpc) is 2.55.